The van der Waals surface area contributed by atoms with Crippen LogP contribution in [-0.2, 0) is 11.3 Å². The highest BCUT2D eigenvalue weighted by Crippen LogP contribution is 2.15. The number of carbonyl (C=O) groups excluding carboxylic acids is 2. The zero-order valence-electron chi connectivity index (χ0n) is 13.4. The molecular formula is C16H18FN3O3S. The van der Waals surface area contributed by atoms with Crippen molar-refractivity contribution in [1.29, 1.82) is 0 Å². The predicted molar refractivity (Wildman–Crippen MR) is 89.6 cm³/mol. The molecule has 1 aromatic carbocycles. The van der Waals surface area contributed by atoms with Gasteiger partial charge in [-0.15, -0.1) is 11.3 Å². The van der Waals surface area contributed by atoms with Crippen molar-refractivity contribution in [2.75, 3.05) is 19.0 Å². The summed E-state index contributed by atoms with van der Waals surface area (Å²) in [6.07, 6.45) is 0.756. The molecule has 0 radical (unpaired) electrons. The predicted octanol–water partition coefficient (Wildman–Crippen LogP) is 3.51. The lowest BCUT2D eigenvalue weighted by atomic mass is 10.3. The van der Waals surface area contributed by atoms with Gasteiger partial charge in [0, 0.05) is 17.6 Å². The van der Waals surface area contributed by atoms with Crippen molar-refractivity contribution in [3.8, 4) is 0 Å². The van der Waals surface area contributed by atoms with Gasteiger partial charge in [-0.05, 0) is 24.6 Å². The van der Waals surface area contributed by atoms with Gasteiger partial charge >= 0.3 is 12.0 Å². The Bertz CT molecular complexity index is 720. The van der Waals surface area contributed by atoms with Gasteiger partial charge in [0.05, 0.1) is 13.7 Å². The van der Waals surface area contributed by atoms with E-state index in [0.717, 1.165) is 6.42 Å². The molecule has 2 rings (SSSR count). The molecule has 0 spiro atoms. The first kappa shape index (κ1) is 17.9. The third-order valence-corrected chi connectivity index (χ3v) is 3.96. The number of ether oxygens (including phenoxy) is 1. The van der Waals surface area contributed by atoms with E-state index in [0.29, 0.717) is 17.2 Å². The van der Waals surface area contributed by atoms with E-state index in [-0.39, 0.29) is 18.3 Å². The van der Waals surface area contributed by atoms with Gasteiger partial charge in [0.1, 0.15) is 10.8 Å². The molecule has 0 aliphatic heterocycles. The van der Waals surface area contributed by atoms with Crippen molar-refractivity contribution in [3.63, 3.8) is 0 Å². The maximum atomic E-state index is 13.2. The van der Waals surface area contributed by atoms with Crippen LogP contribution in [0.2, 0.25) is 0 Å². The van der Waals surface area contributed by atoms with Crippen molar-refractivity contribution in [2.24, 2.45) is 0 Å². The Morgan fingerprint density at radius 2 is 2.21 bits per heavy atom. The van der Waals surface area contributed by atoms with Crippen molar-refractivity contribution in [3.05, 3.63) is 46.2 Å². The van der Waals surface area contributed by atoms with Gasteiger partial charge in [-0.2, -0.15) is 0 Å². The number of thiazole rings is 1. The Balaban J connectivity index is 2.06. The van der Waals surface area contributed by atoms with Gasteiger partial charge in [0.25, 0.3) is 0 Å². The quantitative estimate of drug-likeness (QED) is 0.809. The van der Waals surface area contributed by atoms with E-state index in [1.165, 1.54) is 36.6 Å². The van der Waals surface area contributed by atoms with Crippen LogP contribution in [-0.4, -0.2) is 35.5 Å². The number of hydrogen-bond acceptors (Lipinski definition) is 5. The van der Waals surface area contributed by atoms with Gasteiger partial charge in [-0.3, -0.25) is 0 Å². The summed E-state index contributed by atoms with van der Waals surface area (Å²) >= 11 is 1.28. The number of aromatic nitrogens is 1. The summed E-state index contributed by atoms with van der Waals surface area (Å²) in [5.41, 5.74) is 0.606. The van der Waals surface area contributed by atoms with E-state index in [4.69, 9.17) is 0 Å². The second-order valence-electron chi connectivity index (χ2n) is 4.98. The van der Waals surface area contributed by atoms with Crippen LogP contribution in [0.3, 0.4) is 0 Å². The minimum atomic E-state index is -0.510. The van der Waals surface area contributed by atoms with Crippen LogP contribution in [0.4, 0.5) is 14.9 Å². The molecule has 8 heteroatoms. The van der Waals surface area contributed by atoms with Crippen molar-refractivity contribution < 1.29 is 18.7 Å². The van der Waals surface area contributed by atoms with E-state index in [2.05, 4.69) is 15.0 Å². The lowest BCUT2D eigenvalue weighted by molar-refractivity contribution is 0.0594. The fraction of sp³-hybridized carbons (Fsp3) is 0.312. The van der Waals surface area contributed by atoms with Gasteiger partial charge in [0.2, 0.25) is 0 Å². The highest BCUT2D eigenvalue weighted by atomic mass is 32.1. The second-order valence-corrected chi connectivity index (χ2v) is 5.92. The Hall–Kier alpha value is -2.48. The van der Waals surface area contributed by atoms with Crippen LogP contribution in [0.25, 0.3) is 0 Å². The smallest absolute Gasteiger partial charge is 0.357 e. The zero-order chi connectivity index (χ0) is 17.5. The summed E-state index contributed by atoms with van der Waals surface area (Å²) in [7, 11) is 1.29. The van der Waals surface area contributed by atoms with Gasteiger partial charge in [0.15, 0.2) is 5.69 Å². The number of nitrogens with one attached hydrogen (secondary N) is 1. The maximum Gasteiger partial charge on any atom is 0.357 e. The minimum Gasteiger partial charge on any atom is -0.464 e. The van der Waals surface area contributed by atoms with Crippen LogP contribution in [0.5, 0.6) is 0 Å². The number of hydrogen-bond donors (Lipinski definition) is 1. The number of nitrogens with zero attached hydrogens (tertiary/aromatic N) is 2. The highest BCUT2D eigenvalue weighted by molar-refractivity contribution is 7.09. The number of halogens is 1. The summed E-state index contributed by atoms with van der Waals surface area (Å²) in [4.78, 5) is 29.6. The molecule has 0 bridgehead atoms. The Kier molecular flexibility index (Phi) is 6.25. The Morgan fingerprint density at radius 3 is 2.88 bits per heavy atom. The molecular weight excluding hydrogens is 333 g/mol. The third-order valence-electron chi connectivity index (χ3n) is 3.13. The number of urea groups is 1. The normalized spacial score (nSPS) is 10.3. The average Bonchev–Trinajstić information content (AvgIpc) is 3.02. The van der Waals surface area contributed by atoms with E-state index >= 15 is 0 Å². The largest absolute Gasteiger partial charge is 0.464 e. The third kappa shape index (κ3) is 4.76. The van der Waals surface area contributed by atoms with Crippen molar-refractivity contribution in [2.45, 2.75) is 19.9 Å². The molecule has 0 unspecified atom stereocenters. The van der Waals surface area contributed by atoms with Crippen molar-refractivity contribution in [1.82, 2.24) is 9.88 Å². The molecule has 1 heterocycles. The summed E-state index contributed by atoms with van der Waals surface area (Å²) in [5.74, 6) is -0.929. The Labute approximate surface area is 143 Å². The topological polar surface area (TPSA) is 71.5 Å². The molecule has 24 heavy (non-hydrogen) atoms. The molecule has 0 aliphatic rings. The Morgan fingerprint density at radius 1 is 1.42 bits per heavy atom. The molecule has 0 aliphatic carbocycles. The number of carbonyl (C=O) groups is 2. The number of rotatable bonds is 6. The molecule has 1 aromatic heterocycles. The second kappa shape index (κ2) is 8.39. The molecule has 2 aromatic rings. The number of methoxy groups -OCH3 is 1. The summed E-state index contributed by atoms with van der Waals surface area (Å²) in [5, 5.41) is 4.88. The molecule has 0 saturated carbocycles. The van der Waals surface area contributed by atoms with Gasteiger partial charge in [-0.25, -0.2) is 19.0 Å². The van der Waals surface area contributed by atoms with Crippen molar-refractivity contribution >= 4 is 29.0 Å². The lowest BCUT2D eigenvalue weighted by Gasteiger charge is -2.21. The number of benzene rings is 1. The van der Waals surface area contributed by atoms with Crippen LogP contribution in [0.1, 0.15) is 28.8 Å². The van der Waals surface area contributed by atoms with Crippen LogP contribution >= 0.6 is 11.3 Å². The van der Waals surface area contributed by atoms with Crippen LogP contribution in [0, 0.1) is 5.82 Å². The van der Waals surface area contributed by atoms with E-state index in [1.807, 2.05) is 6.92 Å². The molecule has 0 fully saturated rings. The maximum absolute atomic E-state index is 13.2. The molecule has 0 atom stereocenters. The molecule has 128 valence electrons. The number of esters is 1. The minimum absolute atomic E-state index is 0.222. The summed E-state index contributed by atoms with van der Waals surface area (Å²) < 4.78 is 17.8. The van der Waals surface area contributed by atoms with E-state index in [1.54, 1.807) is 16.3 Å². The molecule has 0 saturated heterocycles. The van der Waals surface area contributed by atoms with Gasteiger partial charge < -0.3 is 15.0 Å². The monoisotopic (exact) mass is 351 g/mol. The average molecular weight is 351 g/mol. The molecule has 1 N–H and O–H groups in total. The number of anilines is 1. The first-order chi connectivity index (χ1) is 11.5. The fourth-order valence-electron chi connectivity index (χ4n) is 2.04. The molecule has 6 nitrogen and oxygen atoms in total. The van der Waals surface area contributed by atoms with Gasteiger partial charge in [-0.1, -0.05) is 13.0 Å². The summed E-state index contributed by atoms with van der Waals surface area (Å²) in [6.45, 7) is 2.72. The van der Waals surface area contributed by atoms with E-state index in [9.17, 15) is 14.0 Å². The zero-order valence-corrected chi connectivity index (χ0v) is 14.2. The lowest BCUT2D eigenvalue weighted by Crippen LogP contribution is -2.35. The number of amides is 2. The first-order valence-electron chi connectivity index (χ1n) is 7.37. The van der Waals surface area contributed by atoms with Crippen LogP contribution < -0.4 is 5.32 Å². The van der Waals surface area contributed by atoms with Crippen LogP contribution in [0.15, 0.2) is 29.6 Å². The SMILES string of the molecule is CCCN(Cc1nc(C(=O)OC)cs1)C(=O)Nc1cccc(F)c1. The first-order valence-corrected chi connectivity index (χ1v) is 8.25. The fourth-order valence-corrected chi connectivity index (χ4v) is 2.81. The standard InChI is InChI=1S/C16H18FN3O3S/c1-3-7-20(9-14-19-13(10-24-14)15(21)23-2)16(22)18-12-6-4-5-11(17)8-12/h4-6,8,10H,3,7,9H2,1-2H3,(H,18,22). The summed E-state index contributed by atoms with van der Waals surface area (Å²) in [6, 6.07) is 5.35. The van der Waals surface area contributed by atoms with E-state index < -0.39 is 11.8 Å². The highest BCUT2D eigenvalue weighted by Gasteiger charge is 2.17. The molecule has 2 amide bonds.